The summed E-state index contributed by atoms with van der Waals surface area (Å²) < 4.78 is 13.5. The van der Waals surface area contributed by atoms with Gasteiger partial charge in [0.05, 0.1) is 10.9 Å². The van der Waals surface area contributed by atoms with Crippen LogP contribution in [0.1, 0.15) is 25.3 Å². The molecule has 1 aromatic rings. The lowest BCUT2D eigenvalue weighted by Gasteiger charge is -2.36. The molecule has 5 heteroatoms. The van der Waals surface area contributed by atoms with Gasteiger partial charge in [-0.3, -0.25) is 4.79 Å². The number of likely N-dealkylation sites (tertiary alicyclic amines) is 1. The molecule has 1 amide bonds. The van der Waals surface area contributed by atoms with E-state index in [0.717, 1.165) is 18.4 Å². The lowest BCUT2D eigenvalue weighted by molar-refractivity contribution is -0.133. The second-order valence-electron chi connectivity index (χ2n) is 5.15. The molecule has 2 N–H and O–H groups in total. The number of amides is 1. The molecule has 3 nitrogen and oxygen atoms in total. The molecule has 1 aliphatic rings. The summed E-state index contributed by atoms with van der Waals surface area (Å²) in [6.07, 6.45) is 2.00. The van der Waals surface area contributed by atoms with Gasteiger partial charge in [0.2, 0.25) is 5.91 Å². The highest BCUT2D eigenvalue weighted by Gasteiger charge is 2.26. The monoisotopic (exact) mass is 328 g/mol. The van der Waals surface area contributed by atoms with Crippen LogP contribution in [0.5, 0.6) is 0 Å². The Balaban J connectivity index is 2.02. The van der Waals surface area contributed by atoms with E-state index in [1.54, 1.807) is 12.1 Å². The van der Waals surface area contributed by atoms with E-state index in [-0.39, 0.29) is 23.8 Å². The number of hydrogen-bond acceptors (Lipinski definition) is 2. The third kappa shape index (κ3) is 3.54. The van der Waals surface area contributed by atoms with Crippen LogP contribution in [0.3, 0.4) is 0 Å². The fourth-order valence-corrected chi connectivity index (χ4v) is 2.93. The first kappa shape index (κ1) is 14.5. The molecule has 104 valence electrons. The van der Waals surface area contributed by atoms with Crippen LogP contribution in [-0.2, 0) is 11.2 Å². The van der Waals surface area contributed by atoms with Crippen molar-refractivity contribution in [3.8, 4) is 0 Å². The third-order valence-electron chi connectivity index (χ3n) is 3.58. The van der Waals surface area contributed by atoms with Crippen molar-refractivity contribution in [3.63, 3.8) is 0 Å². The summed E-state index contributed by atoms with van der Waals surface area (Å²) in [7, 11) is 0. The van der Waals surface area contributed by atoms with Crippen molar-refractivity contribution < 1.29 is 9.18 Å². The van der Waals surface area contributed by atoms with Crippen molar-refractivity contribution in [1.29, 1.82) is 0 Å². The Morgan fingerprint density at radius 2 is 2.32 bits per heavy atom. The molecule has 0 radical (unpaired) electrons. The lowest BCUT2D eigenvalue weighted by Crippen LogP contribution is -2.48. The quantitative estimate of drug-likeness (QED) is 0.906. The first-order valence-corrected chi connectivity index (χ1v) is 7.25. The minimum Gasteiger partial charge on any atom is -0.340 e. The molecule has 0 aromatic heterocycles. The van der Waals surface area contributed by atoms with E-state index in [9.17, 15) is 9.18 Å². The minimum atomic E-state index is -0.312. The number of carbonyl (C=O) groups is 1. The summed E-state index contributed by atoms with van der Waals surface area (Å²) in [4.78, 5) is 14.1. The van der Waals surface area contributed by atoms with Gasteiger partial charge in [0.25, 0.3) is 0 Å². The molecule has 0 spiro atoms. The van der Waals surface area contributed by atoms with Gasteiger partial charge in [-0.05, 0) is 53.4 Å². The van der Waals surface area contributed by atoms with Crippen LogP contribution in [0.2, 0.25) is 0 Å². The number of piperidine rings is 1. The van der Waals surface area contributed by atoms with E-state index < -0.39 is 0 Å². The van der Waals surface area contributed by atoms with E-state index in [1.807, 2.05) is 11.8 Å². The zero-order valence-electron chi connectivity index (χ0n) is 10.9. The largest absolute Gasteiger partial charge is 0.340 e. The first-order valence-electron chi connectivity index (χ1n) is 6.46. The zero-order valence-corrected chi connectivity index (χ0v) is 12.5. The summed E-state index contributed by atoms with van der Waals surface area (Å²) in [5.41, 5.74) is 6.71. The van der Waals surface area contributed by atoms with Gasteiger partial charge >= 0.3 is 0 Å². The predicted octanol–water partition coefficient (Wildman–Crippen LogP) is 2.47. The molecular weight excluding hydrogens is 311 g/mol. The number of nitrogens with zero attached hydrogens (tertiary/aromatic N) is 1. The number of halogens is 2. The standard InChI is InChI=1S/C14H18BrFN2O/c1-9-6-11(17)4-5-18(9)14(19)8-10-2-3-13(16)12(15)7-10/h2-3,7,9,11H,4-6,8,17H2,1H3/t9-,11-/m1/s1. The molecule has 0 bridgehead atoms. The Morgan fingerprint density at radius 1 is 1.58 bits per heavy atom. The smallest absolute Gasteiger partial charge is 0.227 e. The summed E-state index contributed by atoms with van der Waals surface area (Å²) in [5, 5.41) is 0. The fraction of sp³-hybridized carbons (Fsp3) is 0.500. The average Bonchev–Trinajstić information content (AvgIpc) is 2.33. The van der Waals surface area contributed by atoms with Gasteiger partial charge in [-0.2, -0.15) is 0 Å². The van der Waals surface area contributed by atoms with Gasteiger partial charge < -0.3 is 10.6 Å². The number of benzene rings is 1. The number of nitrogens with two attached hydrogens (primary N) is 1. The van der Waals surface area contributed by atoms with Crippen LogP contribution in [-0.4, -0.2) is 29.4 Å². The van der Waals surface area contributed by atoms with Gasteiger partial charge in [0, 0.05) is 18.6 Å². The number of rotatable bonds is 2. The zero-order chi connectivity index (χ0) is 14.0. The van der Waals surface area contributed by atoms with Crippen molar-refractivity contribution in [2.75, 3.05) is 6.54 Å². The molecule has 0 aliphatic carbocycles. The molecule has 1 aliphatic heterocycles. The van der Waals surface area contributed by atoms with E-state index >= 15 is 0 Å². The van der Waals surface area contributed by atoms with E-state index in [2.05, 4.69) is 15.9 Å². The van der Waals surface area contributed by atoms with Gasteiger partial charge in [-0.15, -0.1) is 0 Å². The normalized spacial score (nSPS) is 23.5. The Morgan fingerprint density at radius 3 is 2.95 bits per heavy atom. The predicted molar refractivity (Wildman–Crippen MR) is 76.2 cm³/mol. The second kappa shape index (κ2) is 6.01. The molecule has 1 saturated heterocycles. The summed E-state index contributed by atoms with van der Waals surface area (Å²) in [6.45, 7) is 2.74. The SMILES string of the molecule is C[C@@H]1C[C@H](N)CCN1C(=O)Cc1ccc(F)c(Br)c1. The van der Waals surface area contributed by atoms with Crippen molar-refractivity contribution in [1.82, 2.24) is 4.90 Å². The summed E-state index contributed by atoms with van der Waals surface area (Å²) in [6, 6.07) is 5.06. The fourth-order valence-electron chi connectivity index (χ4n) is 2.50. The summed E-state index contributed by atoms with van der Waals surface area (Å²) in [5.74, 6) is -0.230. The third-order valence-corrected chi connectivity index (χ3v) is 4.18. The van der Waals surface area contributed by atoms with Crippen LogP contribution in [0.25, 0.3) is 0 Å². The average molecular weight is 329 g/mol. The molecule has 0 unspecified atom stereocenters. The number of carbonyl (C=O) groups excluding carboxylic acids is 1. The molecule has 0 saturated carbocycles. The van der Waals surface area contributed by atoms with Gasteiger partial charge in [-0.1, -0.05) is 6.07 Å². The van der Waals surface area contributed by atoms with Crippen molar-refractivity contribution in [3.05, 3.63) is 34.1 Å². The Kier molecular flexibility index (Phi) is 4.58. The highest BCUT2D eigenvalue weighted by atomic mass is 79.9. The highest BCUT2D eigenvalue weighted by Crippen LogP contribution is 2.20. The topological polar surface area (TPSA) is 46.3 Å². The number of hydrogen-bond donors (Lipinski definition) is 1. The first-order chi connectivity index (χ1) is 8.97. The maximum atomic E-state index is 13.1. The van der Waals surface area contributed by atoms with Crippen LogP contribution < -0.4 is 5.73 Å². The van der Waals surface area contributed by atoms with Gasteiger partial charge in [0.1, 0.15) is 5.82 Å². The van der Waals surface area contributed by atoms with Crippen molar-refractivity contribution in [2.45, 2.75) is 38.3 Å². The molecule has 1 aromatic carbocycles. The Hall–Kier alpha value is -0.940. The minimum absolute atomic E-state index is 0.0814. The maximum Gasteiger partial charge on any atom is 0.227 e. The van der Waals surface area contributed by atoms with E-state index in [1.165, 1.54) is 6.07 Å². The van der Waals surface area contributed by atoms with Crippen molar-refractivity contribution in [2.24, 2.45) is 5.73 Å². The molecule has 19 heavy (non-hydrogen) atoms. The van der Waals surface area contributed by atoms with Gasteiger partial charge in [-0.25, -0.2) is 4.39 Å². The molecular formula is C14H18BrFN2O. The van der Waals surface area contributed by atoms with Crippen LogP contribution >= 0.6 is 15.9 Å². The summed E-state index contributed by atoms with van der Waals surface area (Å²) >= 11 is 3.14. The van der Waals surface area contributed by atoms with Gasteiger partial charge in [0.15, 0.2) is 0 Å². The van der Waals surface area contributed by atoms with Crippen molar-refractivity contribution >= 4 is 21.8 Å². The van der Waals surface area contributed by atoms with Crippen LogP contribution in [0, 0.1) is 5.82 Å². The Bertz CT molecular complexity index is 481. The van der Waals surface area contributed by atoms with Crippen LogP contribution in [0.4, 0.5) is 4.39 Å². The van der Waals surface area contributed by atoms with Crippen LogP contribution in [0.15, 0.2) is 22.7 Å². The lowest BCUT2D eigenvalue weighted by atomic mass is 9.98. The maximum absolute atomic E-state index is 13.1. The Labute approximate surface area is 121 Å². The molecule has 2 rings (SSSR count). The highest BCUT2D eigenvalue weighted by molar-refractivity contribution is 9.10. The van der Waals surface area contributed by atoms with E-state index in [4.69, 9.17) is 5.73 Å². The van der Waals surface area contributed by atoms with E-state index in [0.29, 0.717) is 17.4 Å². The second-order valence-corrected chi connectivity index (χ2v) is 6.00. The molecule has 2 atom stereocenters. The molecule has 1 fully saturated rings. The molecule has 1 heterocycles.